The highest BCUT2D eigenvalue weighted by atomic mass is 16.4. The van der Waals surface area contributed by atoms with Gasteiger partial charge in [-0.1, -0.05) is 0 Å². The van der Waals surface area contributed by atoms with Crippen molar-refractivity contribution in [2.24, 2.45) is 0 Å². The fourth-order valence-electron chi connectivity index (χ4n) is 0.366. The van der Waals surface area contributed by atoms with Gasteiger partial charge < -0.3 is 5.11 Å². The largest absolute Gasteiger partial charge is 0.464 e. The minimum absolute atomic E-state index is 0.988. The molecule has 6 nitrogen and oxygen atoms in total. The van der Waals surface area contributed by atoms with Crippen LogP contribution in [0.4, 0.5) is 4.79 Å². The summed E-state index contributed by atoms with van der Waals surface area (Å²) in [7, 11) is 0. The summed E-state index contributed by atoms with van der Waals surface area (Å²) >= 11 is 0. The van der Waals surface area contributed by atoms with Crippen molar-refractivity contribution < 1.29 is 9.90 Å². The smallest absolute Gasteiger partial charge is 0.425 e. The van der Waals surface area contributed by atoms with E-state index in [1.54, 1.807) is 0 Å². The number of carboxylic acid groups (broad SMARTS) is 1. The lowest BCUT2D eigenvalue weighted by molar-refractivity contribution is 0.205. The van der Waals surface area contributed by atoms with E-state index in [4.69, 9.17) is 5.11 Å². The van der Waals surface area contributed by atoms with E-state index in [9.17, 15) is 4.79 Å². The molecule has 1 aromatic rings. The average Bonchev–Trinajstić information content (AvgIpc) is 2.15. The van der Waals surface area contributed by atoms with Crippen LogP contribution in [0.15, 0.2) is 12.4 Å². The molecule has 0 aliphatic rings. The molecule has 0 aliphatic heterocycles. The summed E-state index contributed by atoms with van der Waals surface area (Å²) in [5.41, 5.74) is 1.94. The molecule has 0 bridgehead atoms. The molecule has 1 rings (SSSR count). The zero-order valence-electron chi connectivity index (χ0n) is 4.35. The third kappa shape index (κ3) is 1.41. The van der Waals surface area contributed by atoms with Gasteiger partial charge in [0.2, 0.25) is 0 Å². The monoisotopic (exact) mass is 128 g/mol. The number of aromatic nitrogens is 3. The summed E-state index contributed by atoms with van der Waals surface area (Å²) in [5, 5.41) is 14.8. The first kappa shape index (κ1) is 5.54. The van der Waals surface area contributed by atoms with Gasteiger partial charge in [0.15, 0.2) is 0 Å². The summed E-state index contributed by atoms with van der Waals surface area (Å²) in [4.78, 5) is 10.9. The number of amides is 1. The number of rotatable bonds is 1. The van der Waals surface area contributed by atoms with Crippen molar-refractivity contribution >= 4 is 6.09 Å². The van der Waals surface area contributed by atoms with Gasteiger partial charge in [0, 0.05) is 0 Å². The molecule has 0 spiro atoms. The normalized spacial score (nSPS) is 8.89. The summed E-state index contributed by atoms with van der Waals surface area (Å²) in [6, 6.07) is 0. The molecule has 1 heterocycles. The molecule has 1 aromatic heterocycles. The highest BCUT2D eigenvalue weighted by molar-refractivity contribution is 5.72. The predicted octanol–water partition coefficient (Wildman–Crippen LogP) is -0.500. The fourth-order valence-corrected chi connectivity index (χ4v) is 0.366. The quantitative estimate of drug-likeness (QED) is 0.534. The van der Waals surface area contributed by atoms with Crippen molar-refractivity contribution in [3.8, 4) is 0 Å². The van der Waals surface area contributed by atoms with Gasteiger partial charge in [-0.15, -0.1) is 5.10 Å². The molecule has 48 valence electrons. The molecule has 0 saturated carbocycles. The van der Waals surface area contributed by atoms with E-state index in [2.05, 4.69) is 10.3 Å². The number of carbonyl (C=O) groups is 1. The Balaban J connectivity index is 2.58. The van der Waals surface area contributed by atoms with Crippen LogP contribution in [0.1, 0.15) is 0 Å². The summed E-state index contributed by atoms with van der Waals surface area (Å²) in [6.45, 7) is 0. The molecule has 1 amide bonds. The minimum Gasteiger partial charge on any atom is -0.464 e. The SMILES string of the molecule is O=C(O)Nn1ccnn1. The van der Waals surface area contributed by atoms with Gasteiger partial charge in [0.25, 0.3) is 0 Å². The highest BCUT2D eigenvalue weighted by Crippen LogP contribution is 1.72. The van der Waals surface area contributed by atoms with Crippen LogP contribution in [-0.4, -0.2) is 26.3 Å². The van der Waals surface area contributed by atoms with Gasteiger partial charge in [-0.3, -0.25) is 0 Å². The molecular formula is C3H4N4O2. The van der Waals surface area contributed by atoms with Gasteiger partial charge in [0.1, 0.15) is 0 Å². The lowest BCUT2D eigenvalue weighted by Gasteiger charge is -1.93. The third-order valence-electron chi connectivity index (χ3n) is 0.633. The first-order valence-electron chi connectivity index (χ1n) is 2.15. The maximum Gasteiger partial charge on any atom is 0.425 e. The Morgan fingerprint density at radius 2 is 2.56 bits per heavy atom. The minimum atomic E-state index is -1.17. The van der Waals surface area contributed by atoms with Crippen molar-refractivity contribution in [2.45, 2.75) is 0 Å². The van der Waals surface area contributed by atoms with Crippen LogP contribution in [0.5, 0.6) is 0 Å². The summed E-state index contributed by atoms with van der Waals surface area (Å²) in [6.07, 6.45) is 1.59. The topological polar surface area (TPSA) is 80.0 Å². The van der Waals surface area contributed by atoms with Gasteiger partial charge in [-0.25, -0.2) is 10.2 Å². The molecule has 0 unspecified atom stereocenters. The maximum atomic E-state index is 9.87. The van der Waals surface area contributed by atoms with E-state index >= 15 is 0 Å². The Kier molecular flexibility index (Phi) is 1.31. The average molecular weight is 128 g/mol. The Hall–Kier alpha value is -1.59. The van der Waals surface area contributed by atoms with Gasteiger partial charge >= 0.3 is 6.09 Å². The van der Waals surface area contributed by atoms with E-state index in [1.807, 2.05) is 5.43 Å². The van der Waals surface area contributed by atoms with E-state index in [1.165, 1.54) is 12.4 Å². The van der Waals surface area contributed by atoms with Crippen LogP contribution in [0.2, 0.25) is 0 Å². The van der Waals surface area contributed by atoms with Crippen LogP contribution in [-0.2, 0) is 0 Å². The van der Waals surface area contributed by atoms with Gasteiger partial charge in [-0.2, -0.15) is 4.79 Å². The van der Waals surface area contributed by atoms with Crippen LogP contribution in [0.3, 0.4) is 0 Å². The van der Waals surface area contributed by atoms with E-state index in [0.29, 0.717) is 0 Å². The van der Waals surface area contributed by atoms with Crippen molar-refractivity contribution in [1.82, 2.24) is 15.1 Å². The first-order chi connectivity index (χ1) is 4.29. The second-order valence-electron chi connectivity index (χ2n) is 1.26. The molecule has 0 aromatic carbocycles. The van der Waals surface area contributed by atoms with Crippen molar-refractivity contribution in [1.29, 1.82) is 0 Å². The van der Waals surface area contributed by atoms with E-state index in [0.717, 1.165) is 4.79 Å². The zero-order chi connectivity index (χ0) is 6.69. The Morgan fingerprint density at radius 3 is 3.00 bits per heavy atom. The third-order valence-corrected chi connectivity index (χ3v) is 0.633. The molecule has 0 atom stereocenters. The van der Waals surface area contributed by atoms with Crippen LogP contribution >= 0.6 is 0 Å². The molecular weight excluding hydrogens is 124 g/mol. The standard InChI is InChI=1S/C3H4N4O2/c8-3(9)5-7-2-1-4-6-7/h1-2,5H,(H,8,9). The number of hydrogen-bond acceptors (Lipinski definition) is 3. The molecule has 0 fully saturated rings. The predicted molar refractivity (Wildman–Crippen MR) is 27.4 cm³/mol. The summed E-state index contributed by atoms with van der Waals surface area (Å²) < 4.78 is 0. The van der Waals surface area contributed by atoms with Crippen LogP contribution in [0.25, 0.3) is 0 Å². The van der Waals surface area contributed by atoms with Crippen molar-refractivity contribution in [3.63, 3.8) is 0 Å². The molecule has 0 aliphatic carbocycles. The number of nitrogens with zero attached hydrogens (tertiary/aromatic N) is 3. The Morgan fingerprint density at radius 1 is 1.78 bits per heavy atom. The Labute approximate surface area is 50.1 Å². The molecule has 0 radical (unpaired) electrons. The molecule has 2 N–H and O–H groups in total. The van der Waals surface area contributed by atoms with Gasteiger partial charge in [-0.05, 0) is 5.21 Å². The second kappa shape index (κ2) is 2.12. The lowest BCUT2D eigenvalue weighted by atomic mass is 11.0. The second-order valence-corrected chi connectivity index (χ2v) is 1.26. The number of hydrogen-bond donors (Lipinski definition) is 2. The molecule has 6 heteroatoms. The van der Waals surface area contributed by atoms with E-state index in [-0.39, 0.29) is 0 Å². The van der Waals surface area contributed by atoms with Crippen LogP contribution in [0, 0.1) is 0 Å². The molecule has 9 heavy (non-hydrogen) atoms. The first-order valence-corrected chi connectivity index (χ1v) is 2.15. The maximum absolute atomic E-state index is 9.87. The van der Waals surface area contributed by atoms with Crippen molar-refractivity contribution in [2.75, 3.05) is 5.43 Å². The fraction of sp³-hybridized carbons (Fsp3) is 0. The van der Waals surface area contributed by atoms with E-state index < -0.39 is 6.09 Å². The highest BCUT2D eigenvalue weighted by Gasteiger charge is 1.92. The Bertz CT molecular complexity index is 194. The lowest BCUT2D eigenvalue weighted by Crippen LogP contribution is -2.20. The zero-order valence-corrected chi connectivity index (χ0v) is 4.35. The van der Waals surface area contributed by atoms with Gasteiger partial charge in [0.05, 0.1) is 12.4 Å². The summed E-state index contributed by atoms with van der Waals surface area (Å²) in [5.74, 6) is 0. The van der Waals surface area contributed by atoms with Crippen molar-refractivity contribution in [3.05, 3.63) is 12.4 Å². The van der Waals surface area contributed by atoms with Crippen LogP contribution < -0.4 is 5.43 Å². The molecule has 0 saturated heterocycles. The number of nitrogens with one attached hydrogen (secondary N) is 1.